The van der Waals surface area contributed by atoms with Gasteiger partial charge in [0.25, 0.3) is 11.5 Å². The molecule has 2 aromatic heterocycles. The van der Waals surface area contributed by atoms with Crippen LogP contribution in [0.1, 0.15) is 85.6 Å². The normalized spacial score (nSPS) is 21.6. The van der Waals surface area contributed by atoms with Crippen LogP contribution in [0.15, 0.2) is 36.9 Å². The van der Waals surface area contributed by atoms with Crippen LogP contribution in [0.5, 0.6) is 0 Å². The maximum Gasteiger partial charge on any atom is 0.410 e. The Labute approximate surface area is 426 Å². The van der Waals surface area contributed by atoms with Gasteiger partial charge in [0.2, 0.25) is 48.0 Å². The number of alkyl halides is 1. The summed E-state index contributed by atoms with van der Waals surface area (Å²) < 4.78 is 18.5. The van der Waals surface area contributed by atoms with Crippen molar-refractivity contribution in [2.45, 2.75) is 139 Å². The molecule has 0 spiro atoms. The van der Waals surface area contributed by atoms with Crippen LogP contribution in [-0.2, 0) is 56.6 Å². The monoisotopic (exact) mass is 1110 g/mol. The molecule has 390 valence electrons. The number of nitrogens with zero attached hydrogens (tertiary/aromatic N) is 5. The first-order valence-electron chi connectivity index (χ1n) is 23.8. The fourth-order valence-electron chi connectivity index (χ4n) is 8.70. The highest BCUT2D eigenvalue weighted by molar-refractivity contribution is 14.1. The topological polar surface area (TPSA) is 300 Å². The van der Waals surface area contributed by atoms with Crippen molar-refractivity contribution in [3.8, 4) is 0 Å². The Bertz CT molecular complexity index is 2360. The highest BCUT2D eigenvalue weighted by Crippen LogP contribution is 2.43. The predicted molar refractivity (Wildman–Crippen MR) is 266 cm³/mol. The van der Waals surface area contributed by atoms with Crippen LogP contribution in [0.25, 0.3) is 11.2 Å². The number of rotatable bonds is 23. The van der Waals surface area contributed by atoms with E-state index in [2.05, 4.69) is 78.0 Å². The molecule has 2 aliphatic heterocycles. The number of carbonyl (C=O) groups excluding carboxylic acids is 7. The Morgan fingerprint density at radius 3 is 2.32 bits per heavy atom. The van der Waals surface area contributed by atoms with E-state index in [0.717, 1.165) is 35.5 Å². The van der Waals surface area contributed by atoms with E-state index >= 15 is 0 Å². The molecule has 0 saturated carbocycles. The first kappa shape index (κ1) is 56.3. The van der Waals surface area contributed by atoms with E-state index in [0.29, 0.717) is 28.2 Å². The number of aromatic nitrogens is 4. The van der Waals surface area contributed by atoms with E-state index in [1.165, 1.54) is 34.3 Å². The zero-order chi connectivity index (χ0) is 52.3. The summed E-state index contributed by atoms with van der Waals surface area (Å²) >= 11 is 2.33. The maximum absolute atomic E-state index is 13.5. The van der Waals surface area contributed by atoms with Gasteiger partial charge in [-0.1, -0.05) is 80.2 Å². The van der Waals surface area contributed by atoms with E-state index in [4.69, 9.17) is 14.2 Å². The van der Waals surface area contributed by atoms with Crippen molar-refractivity contribution in [1.82, 2.24) is 40.7 Å². The Balaban J connectivity index is 1.06. The Kier molecular flexibility index (Phi) is 20.0. The summed E-state index contributed by atoms with van der Waals surface area (Å²) in [6, 6.07) is 2.16. The van der Waals surface area contributed by atoms with Crippen LogP contribution in [0.2, 0.25) is 0 Å². The molecule has 0 aliphatic carbocycles. The van der Waals surface area contributed by atoms with Gasteiger partial charge in [0.1, 0.15) is 43.0 Å². The predicted octanol–water partition coefficient (Wildman–Crippen LogP) is 1.55. The highest BCUT2D eigenvalue weighted by Gasteiger charge is 2.50. The fraction of sp³-hybridized carbons (Fsp3) is 0.617. The SMILES string of the molecule is CCCC(I)(CCC)C1CC(=O)N(CCC(=O)N[C@H](C(=O)N[C@@H](C)C(=O)Nc2ccc(COC(=O)N(C)[C@@H](C)C(=O)N[C@@H]3[C@@H](O)[C@H](OC)[C@@H](Nc4c5[nH]cnc5nc[n+]4C)O[C@H]3CO)cc2)C(C)C)C1=O. The van der Waals surface area contributed by atoms with Gasteiger partial charge in [0.05, 0.1) is 31.9 Å². The Hall–Kier alpha value is -5.57. The van der Waals surface area contributed by atoms with Gasteiger partial charge in [-0.25, -0.2) is 14.3 Å². The van der Waals surface area contributed by atoms with Gasteiger partial charge in [-0.05, 0) is 50.3 Å². The van der Waals surface area contributed by atoms with Gasteiger partial charge in [0, 0.05) is 42.7 Å². The van der Waals surface area contributed by atoms with Gasteiger partial charge < -0.3 is 50.7 Å². The highest BCUT2D eigenvalue weighted by atomic mass is 127. The minimum Gasteiger partial charge on any atom is -0.445 e. The number of aliphatic hydroxyl groups excluding tert-OH is 2. The second-order valence-corrected chi connectivity index (χ2v) is 20.6. The summed E-state index contributed by atoms with van der Waals surface area (Å²) in [5, 5.41) is 35.6. The number of carbonyl (C=O) groups is 7. The average Bonchev–Trinajstić information content (AvgIpc) is 3.94. The first-order chi connectivity index (χ1) is 33.7. The van der Waals surface area contributed by atoms with Gasteiger partial charge in [0.15, 0.2) is 5.52 Å². The van der Waals surface area contributed by atoms with Crippen molar-refractivity contribution in [3.63, 3.8) is 0 Å². The number of nitrogens with one attached hydrogen (secondary N) is 6. The van der Waals surface area contributed by atoms with Gasteiger partial charge in [-0.3, -0.25) is 43.9 Å². The van der Waals surface area contributed by atoms with Crippen LogP contribution < -0.4 is 31.2 Å². The van der Waals surface area contributed by atoms with Gasteiger partial charge in [-0.2, -0.15) is 0 Å². The largest absolute Gasteiger partial charge is 0.445 e. The van der Waals surface area contributed by atoms with Crippen molar-refractivity contribution in [1.29, 1.82) is 0 Å². The average molecular weight is 1110 g/mol. The molecule has 3 aromatic rings. The molecule has 1 aromatic carbocycles. The number of likely N-dealkylation sites (N-methyl/N-ethyl adjacent to an activating group) is 1. The minimum atomic E-state index is -1.36. The van der Waals surface area contributed by atoms with Crippen LogP contribution in [0, 0.1) is 11.8 Å². The lowest BCUT2D eigenvalue weighted by atomic mass is 9.84. The van der Waals surface area contributed by atoms with E-state index in [1.807, 2.05) is 0 Å². The molecule has 7 amide bonds. The van der Waals surface area contributed by atoms with E-state index in [1.54, 1.807) is 56.1 Å². The van der Waals surface area contributed by atoms with Crippen LogP contribution in [0.3, 0.4) is 0 Å². The third-order valence-electron chi connectivity index (χ3n) is 12.9. The van der Waals surface area contributed by atoms with E-state index in [-0.39, 0.29) is 47.1 Å². The molecular formula is C47H69IN11O12+. The number of aromatic amines is 1. The second kappa shape index (κ2) is 25.2. The van der Waals surface area contributed by atoms with Gasteiger partial charge in [-0.15, -0.1) is 0 Å². The fourth-order valence-corrected chi connectivity index (χ4v) is 10.3. The number of methoxy groups -OCH3 is 1. The number of amides is 7. The van der Waals surface area contributed by atoms with E-state index in [9.17, 15) is 43.8 Å². The smallest absolute Gasteiger partial charge is 0.410 e. The van der Waals surface area contributed by atoms with Crippen LogP contribution in [-0.4, -0.2) is 156 Å². The summed E-state index contributed by atoms with van der Waals surface area (Å²) in [6.07, 6.45) is 1.07. The molecule has 1 unspecified atom stereocenters. The number of imide groups is 1. The third kappa shape index (κ3) is 13.7. The summed E-state index contributed by atoms with van der Waals surface area (Å²) in [6.45, 7) is 9.69. The number of anilines is 2. The molecule has 23 nitrogen and oxygen atoms in total. The Morgan fingerprint density at radius 2 is 1.70 bits per heavy atom. The first-order valence-corrected chi connectivity index (χ1v) is 24.9. The van der Waals surface area contributed by atoms with E-state index < -0.39 is 91.0 Å². The van der Waals surface area contributed by atoms with Crippen molar-refractivity contribution in [2.24, 2.45) is 18.9 Å². The lowest BCUT2D eigenvalue weighted by Gasteiger charge is -2.43. The van der Waals surface area contributed by atoms with Gasteiger partial charge >= 0.3 is 6.09 Å². The number of likely N-dealkylation sites (tertiary alicyclic amines) is 1. The number of aryl methyl sites for hydroxylation is 1. The molecule has 0 bridgehead atoms. The number of hydrogen-bond acceptors (Lipinski definition) is 15. The molecule has 4 heterocycles. The van der Waals surface area contributed by atoms with Crippen LogP contribution in [0.4, 0.5) is 16.3 Å². The maximum atomic E-state index is 13.5. The van der Waals surface area contributed by atoms with Crippen LogP contribution >= 0.6 is 22.6 Å². The molecule has 9 atom stereocenters. The quantitative estimate of drug-likeness (QED) is 0.0289. The number of benzene rings is 1. The summed E-state index contributed by atoms with van der Waals surface area (Å²) in [4.78, 5) is 106. The molecule has 5 rings (SSSR count). The lowest BCUT2D eigenvalue weighted by molar-refractivity contribution is -0.659. The number of ether oxygens (including phenoxy) is 3. The molecule has 71 heavy (non-hydrogen) atoms. The molecule has 0 radical (unpaired) electrons. The zero-order valence-corrected chi connectivity index (χ0v) is 43.9. The standard InChI is InChI=1S/C47H68IN11O12/c1-10-17-47(48,18-11-2)30-20-33(62)59(45(30)67)19-16-32(61)54-34(25(3)4)43(66)52-26(5)41(64)53-29-14-12-28(13-15-29)22-70-46(68)58(8)27(6)42(65)55-35-31(21-60)71-44(38(69-9)37(35)63)56-40-36-39(50-23-49-36)51-24-57(40)7/h12-15,23-27,30-31,34-35,37-38,44,60,63H,10-11,16-22H2,1-9H3,(H5,49,50,52,53,54,55,56,61,64,65,66)/p+1/t26-,27-,30?,31-,34-,35-,37+,38-,44-/m0/s1. The summed E-state index contributed by atoms with van der Waals surface area (Å²) in [5.74, 6) is -3.15. The van der Waals surface area contributed by atoms with Crippen molar-refractivity contribution < 1.29 is 62.6 Å². The van der Waals surface area contributed by atoms with Crippen molar-refractivity contribution in [3.05, 3.63) is 42.5 Å². The zero-order valence-electron chi connectivity index (χ0n) is 41.7. The second-order valence-electron chi connectivity index (χ2n) is 18.4. The number of H-pyrrole nitrogens is 1. The Morgan fingerprint density at radius 1 is 1.03 bits per heavy atom. The lowest BCUT2D eigenvalue weighted by Crippen LogP contribution is -2.67. The summed E-state index contributed by atoms with van der Waals surface area (Å²) in [7, 11) is 4.49. The molecule has 8 N–H and O–H groups in total. The molecule has 2 fully saturated rings. The minimum absolute atomic E-state index is 0.0930. The number of aliphatic hydroxyl groups is 2. The van der Waals surface area contributed by atoms with Crippen molar-refractivity contribution >= 4 is 86.8 Å². The third-order valence-corrected chi connectivity index (χ3v) is 14.8. The number of fused-ring (bicyclic) bond motifs is 1. The molecular weight excluding hydrogens is 1040 g/mol. The van der Waals surface area contributed by atoms with Crippen molar-refractivity contribution in [2.75, 3.05) is 37.9 Å². The number of halogens is 1. The number of imidazole rings is 1. The molecule has 2 saturated heterocycles. The molecule has 24 heteroatoms. The molecule has 2 aliphatic rings. The number of hydrogen-bond donors (Lipinski definition) is 8. The summed E-state index contributed by atoms with van der Waals surface area (Å²) in [5.41, 5.74) is 1.94.